The molecule has 11 heteroatoms. The van der Waals surface area contributed by atoms with Gasteiger partial charge < -0.3 is 20.5 Å². The molecule has 0 bridgehead atoms. The van der Waals surface area contributed by atoms with E-state index in [4.69, 9.17) is 15.9 Å². The Hall–Kier alpha value is -3.89. The summed E-state index contributed by atoms with van der Waals surface area (Å²) in [5.74, 6) is -3.22. The molecule has 3 rings (SSSR count). The third-order valence-corrected chi connectivity index (χ3v) is 3.84. The average Bonchev–Trinajstić information content (AvgIpc) is 2.68. The van der Waals surface area contributed by atoms with E-state index in [0.29, 0.717) is 5.39 Å². The molecule has 29 heavy (non-hydrogen) atoms. The number of benzene rings is 2. The van der Waals surface area contributed by atoms with Gasteiger partial charge in [-0.25, -0.2) is 14.8 Å². The number of nitrogens with zero attached hydrogens (tertiary/aromatic N) is 2. The molecule has 8 nitrogen and oxygen atoms in total. The number of amidine groups is 1. The molecule has 1 heterocycles. The van der Waals surface area contributed by atoms with Gasteiger partial charge in [0.1, 0.15) is 11.6 Å². The Kier molecular flexibility index (Phi) is 5.22. The van der Waals surface area contributed by atoms with E-state index in [1.54, 1.807) is 18.2 Å². The molecule has 0 unspecified atom stereocenters. The molecule has 0 amide bonds. The van der Waals surface area contributed by atoms with Crippen molar-refractivity contribution in [2.24, 2.45) is 5.73 Å². The van der Waals surface area contributed by atoms with E-state index in [1.165, 1.54) is 31.6 Å². The van der Waals surface area contributed by atoms with Crippen LogP contribution >= 0.6 is 0 Å². The summed E-state index contributed by atoms with van der Waals surface area (Å²) >= 11 is 0. The van der Waals surface area contributed by atoms with Gasteiger partial charge in [-0.05, 0) is 23.6 Å². The predicted molar refractivity (Wildman–Crippen MR) is 98.5 cm³/mol. The number of carbonyl (C=O) groups is 1. The highest BCUT2D eigenvalue weighted by atomic mass is 19.4. The van der Waals surface area contributed by atoms with E-state index in [-0.39, 0.29) is 28.3 Å². The van der Waals surface area contributed by atoms with E-state index in [1.807, 2.05) is 0 Å². The number of aromatic nitrogens is 2. The largest absolute Gasteiger partial charge is 0.495 e. The van der Waals surface area contributed by atoms with Gasteiger partial charge in [0.05, 0.1) is 23.7 Å². The summed E-state index contributed by atoms with van der Waals surface area (Å²) in [6, 6.07) is 7.51. The van der Waals surface area contributed by atoms with Crippen molar-refractivity contribution in [1.82, 2.24) is 9.97 Å². The Morgan fingerprint density at radius 1 is 1.17 bits per heavy atom. The van der Waals surface area contributed by atoms with E-state index in [9.17, 15) is 18.0 Å². The lowest BCUT2D eigenvalue weighted by Gasteiger charge is -2.18. The number of esters is 1. The van der Waals surface area contributed by atoms with Crippen LogP contribution in [0, 0.1) is 5.41 Å². The summed E-state index contributed by atoms with van der Waals surface area (Å²) in [6.07, 6.45) is -2.33. The fourth-order valence-corrected chi connectivity index (χ4v) is 2.60. The van der Waals surface area contributed by atoms with Gasteiger partial charge in [0.25, 0.3) is 0 Å². The third-order valence-electron chi connectivity index (χ3n) is 3.84. The highest BCUT2D eigenvalue weighted by molar-refractivity contribution is 6.10. The maximum absolute atomic E-state index is 12.8. The van der Waals surface area contributed by atoms with Crippen LogP contribution in [0.4, 0.5) is 24.8 Å². The van der Waals surface area contributed by atoms with Gasteiger partial charge in [-0.3, -0.25) is 5.41 Å². The topological polar surface area (TPSA) is 123 Å². The third kappa shape index (κ3) is 4.03. The van der Waals surface area contributed by atoms with Crippen molar-refractivity contribution in [3.8, 4) is 11.5 Å². The second-order valence-electron chi connectivity index (χ2n) is 5.68. The molecule has 4 N–H and O–H groups in total. The van der Waals surface area contributed by atoms with Crippen LogP contribution < -0.4 is 20.5 Å². The monoisotopic (exact) mass is 405 g/mol. The summed E-state index contributed by atoms with van der Waals surface area (Å²) in [5.41, 5.74) is 5.45. The van der Waals surface area contributed by atoms with Crippen LogP contribution in [0.1, 0.15) is 5.56 Å². The molecule has 2 aromatic carbocycles. The number of halogens is 3. The van der Waals surface area contributed by atoms with Crippen LogP contribution in [-0.4, -0.2) is 35.1 Å². The van der Waals surface area contributed by atoms with E-state index < -0.39 is 23.7 Å². The Morgan fingerprint density at radius 3 is 2.41 bits per heavy atom. The van der Waals surface area contributed by atoms with Crippen LogP contribution in [0.5, 0.6) is 11.5 Å². The van der Waals surface area contributed by atoms with E-state index in [2.05, 4.69) is 20.0 Å². The van der Waals surface area contributed by atoms with Crippen molar-refractivity contribution >= 4 is 34.2 Å². The smallest absolute Gasteiger partial charge is 0.491 e. The van der Waals surface area contributed by atoms with Crippen LogP contribution in [-0.2, 0) is 4.79 Å². The lowest BCUT2D eigenvalue weighted by Crippen LogP contribution is -2.29. The van der Waals surface area contributed by atoms with Gasteiger partial charge in [0.2, 0.25) is 5.95 Å². The average molecular weight is 405 g/mol. The van der Waals surface area contributed by atoms with Gasteiger partial charge in [-0.1, -0.05) is 12.1 Å². The number of hydrogen-bond donors (Lipinski definition) is 3. The standard InChI is InChI=1S/C18H14F3N5O3/c1-28-11-6-4-9-3-5-10(15(22)23)14(29-16(27)18(19,20)21)12(9)13(11)26-17-24-7-2-8-25-17/h2-8H,1H3,(H3,22,23)(H,24,25,26). The lowest BCUT2D eigenvalue weighted by molar-refractivity contribution is -0.189. The molecule has 0 aliphatic carbocycles. The molecule has 0 aliphatic heterocycles. The number of nitrogens with one attached hydrogen (secondary N) is 2. The normalized spacial score (nSPS) is 11.2. The molecule has 0 radical (unpaired) electrons. The zero-order valence-corrected chi connectivity index (χ0v) is 14.9. The molecule has 3 aromatic rings. The zero-order chi connectivity index (χ0) is 21.2. The maximum Gasteiger partial charge on any atom is 0.491 e. The zero-order valence-electron chi connectivity index (χ0n) is 14.9. The van der Waals surface area contributed by atoms with Gasteiger partial charge in [-0.2, -0.15) is 13.2 Å². The first-order valence-electron chi connectivity index (χ1n) is 8.03. The minimum atomic E-state index is -5.24. The minimum Gasteiger partial charge on any atom is -0.495 e. The first-order valence-corrected chi connectivity index (χ1v) is 8.03. The molecule has 0 aliphatic rings. The second kappa shape index (κ2) is 7.62. The van der Waals surface area contributed by atoms with Crippen molar-refractivity contribution in [1.29, 1.82) is 5.41 Å². The Balaban J connectivity index is 2.31. The van der Waals surface area contributed by atoms with Gasteiger partial charge in [0.15, 0.2) is 5.75 Å². The summed E-state index contributed by atoms with van der Waals surface area (Å²) in [7, 11) is 1.36. The van der Waals surface area contributed by atoms with Crippen molar-refractivity contribution in [2.75, 3.05) is 12.4 Å². The number of methoxy groups -OCH3 is 1. The van der Waals surface area contributed by atoms with E-state index in [0.717, 1.165) is 0 Å². The number of hydrogen-bond acceptors (Lipinski definition) is 7. The molecule has 0 saturated heterocycles. The Labute approximate surface area is 162 Å². The Morgan fingerprint density at radius 2 is 1.83 bits per heavy atom. The second-order valence-corrected chi connectivity index (χ2v) is 5.68. The molecule has 0 fully saturated rings. The number of anilines is 2. The van der Waals surface area contributed by atoms with Crippen molar-refractivity contribution < 1.29 is 27.4 Å². The maximum atomic E-state index is 12.8. The molecule has 0 saturated carbocycles. The first-order chi connectivity index (χ1) is 13.7. The quantitative estimate of drug-likeness (QED) is 0.258. The fourth-order valence-electron chi connectivity index (χ4n) is 2.60. The number of ether oxygens (including phenoxy) is 2. The number of alkyl halides is 3. The Bertz CT molecular complexity index is 1090. The van der Waals surface area contributed by atoms with Crippen molar-refractivity contribution in [3.05, 3.63) is 48.3 Å². The number of fused-ring (bicyclic) bond motifs is 1. The molecule has 150 valence electrons. The number of nitrogens with two attached hydrogens (primary N) is 1. The van der Waals surface area contributed by atoms with Crippen LogP contribution in [0.2, 0.25) is 0 Å². The molecular weight excluding hydrogens is 391 g/mol. The van der Waals surface area contributed by atoms with Crippen LogP contribution in [0.25, 0.3) is 10.8 Å². The lowest BCUT2D eigenvalue weighted by atomic mass is 10.0. The summed E-state index contributed by atoms with van der Waals surface area (Å²) in [5, 5.41) is 11.0. The van der Waals surface area contributed by atoms with Gasteiger partial charge in [-0.15, -0.1) is 0 Å². The molecule has 1 aromatic heterocycles. The summed E-state index contributed by atoms with van der Waals surface area (Å²) in [6.45, 7) is 0. The molecular formula is C18H14F3N5O3. The highest BCUT2D eigenvalue weighted by Crippen LogP contribution is 2.42. The van der Waals surface area contributed by atoms with Gasteiger partial charge >= 0.3 is 12.1 Å². The van der Waals surface area contributed by atoms with Crippen LogP contribution in [0.3, 0.4) is 0 Å². The molecule has 0 spiro atoms. The summed E-state index contributed by atoms with van der Waals surface area (Å²) < 4.78 is 48.5. The van der Waals surface area contributed by atoms with Crippen molar-refractivity contribution in [2.45, 2.75) is 6.18 Å². The number of rotatable bonds is 5. The SMILES string of the molecule is COc1ccc2ccc(C(=N)N)c(OC(=O)C(F)(F)F)c2c1Nc1ncccn1. The first kappa shape index (κ1) is 19.9. The minimum absolute atomic E-state index is 0.0436. The predicted octanol–water partition coefficient (Wildman–Crippen LogP) is 3.13. The van der Waals surface area contributed by atoms with Crippen molar-refractivity contribution in [3.63, 3.8) is 0 Å². The number of carbonyl (C=O) groups excluding carboxylic acids is 1. The van der Waals surface area contributed by atoms with Crippen LogP contribution in [0.15, 0.2) is 42.7 Å². The highest BCUT2D eigenvalue weighted by Gasteiger charge is 2.42. The molecule has 0 atom stereocenters. The van der Waals surface area contributed by atoms with Gasteiger partial charge in [0, 0.05) is 12.4 Å². The fraction of sp³-hybridized carbons (Fsp3) is 0.111. The number of nitrogen functional groups attached to an aromatic ring is 1. The summed E-state index contributed by atoms with van der Waals surface area (Å²) in [4.78, 5) is 19.6. The van der Waals surface area contributed by atoms with E-state index >= 15 is 0 Å².